The molecule has 5 N–H and O–H groups in total. The second-order valence-corrected chi connectivity index (χ2v) is 6.99. The predicted octanol–water partition coefficient (Wildman–Crippen LogP) is 4.63. The maximum absolute atomic E-state index is 12.3. The minimum absolute atomic E-state index is 0.230. The monoisotopic (exact) mass is 466 g/mol. The van der Waals surface area contributed by atoms with Crippen LogP contribution in [0.4, 0.5) is 23.0 Å². The SMILES string of the molecule is Nc1c(NNC(=O)c2ccc(Cl)cc2Cl)ncnc1Nc1ccccc1Br. The lowest BCUT2D eigenvalue weighted by Gasteiger charge is -2.14. The first-order valence-corrected chi connectivity index (χ1v) is 9.14. The first kappa shape index (κ1) is 19.2. The van der Waals surface area contributed by atoms with Crippen molar-refractivity contribution < 1.29 is 4.79 Å². The zero-order chi connectivity index (χ0) is 19.4. The summed E-state index contributed by atoms with van der Waals surface area (Å²) in [6.07, 6.45) is 1.32. The molecule has 0 fully saturated rings. The van der Waals surface area contributed by atoms with E-state index in [2.05, 4.69) is 42.1 Å². The van der Waals surface area contributed by atoms with E-state index in [1.807, 2.05) is 24.3 Å². The number of para-hydroxylation sites is 1. The Hall–Kier alpha value is -2.55. The van der Waals surface area contributed by atoms with Crippen LogP contribution in [-0.4, -0.2) is 15.9 Å². The smallest absolute Gasteiger partial charge is 0.271 e. The number of hydrogen-bond acceptors (Lipinski definition) is 6. The molecule has 10 heteroatoms. The highest BCUT2D eigenvalue weighted by atomic mass is 79.9. The van der Waals surface area contributed by atoms with Gasteiger partial charge in [-0.05, 0) is 46.3 Å². The summed E-state index contributed by atoms with van der Waals surface area (Å²) in [7, 11) is 0. The number of benzene rings is 2. The molecule has 1 aromatic heterocycles. The zero-order valence-corrected chi connectivity index (χ0v) is 16.7. The Kier molecular flexibility index (Phi) is 6.00. The number of carbonyl (C=O) groups is 1. The summed E-state index contributed by atoms with van der Waals surface area (Å²) < 4.78 is 0.850. The van der Waals surface area contributed by atoms with Crippen molar-refractivity contribution in [1.29, 1.82) is 0 Å². The molecule has 0 radical (unpaired) electrons. The molecule has 0 atom stereocenters. The standard InChI is InChI=1S/C17H13BrCl2N6O/c18-11-3-1-2-4-13(11)24-15-14(21)16(23-8-22-15)25-26-17(27)10-6-5-9(19)7-12(10)20/h1-8H,21H2,(H,26,27)(H2,22,23,24,25). The number of carbonyl (C=O) groups excluding carboxylic acids is 1. The second kappa shape index (κ2) is 8.43. The Bertz CT molecular complexity index is 1000. The average molecular weight is 468 g/mol. The second-order valence-electron chi connectivity index (χ2n) is 5.29. The van der Waals surface area contributed by atoms with E-state index in [-0.39, 0.29) is 22.1 Å². The van der Waals surface area contributed by atoms with E-state index in [9.17, 15) is 4.79 Å². The zero-order valence-electron chi connectivity index (χ0n) is 13.6. The van der Waals surface area contributed by atoms with Crippen molar-refractivity contribution in [3.05, 3.63) is 68.9 Å². The van der Waals surface area contributed by atoms with Gasteiger partial charge < -0.3 is 11.1 Å². The molecule has 1 amide bonds. The molecule has 0 aliphatic heterocycles. The number of rotatable bonds is 5. The molecule has 138 valence electrons. The van der Waals surface area contributed by atoms with Gasteiger partial charge in [-0.3, -0.25) is 15.6 Å². The predicted molar refractivity (Wildman–Crippen MR) is 111 cm³/mol. The summed E-state index contributed by atoms with van der Waals surface area (Å²) in [5.74, 6) is 0.158. The fourth-order valence-corrected chi connectivity index (χ4v) is 3.02. The molecule has 0 bridgehead atoms. The van der Waals surface area contributed by atoms with E-state index in [0.717, 1.165) is 10.2 Å². The quantitative estimate of drug-likeness (QED) is 0.408. The number of halogens is 3. The third-order valence-corrected chi connectivity index (χ3v) is 4.72. The van der Waals surface area contributed by atoms with Crippen molar-refractivity contribution >= 4 is 68.0 Å². The normalized spacial score (nSPS) is 10.3. The number of hydrogen-bond donors (Lipinski definition) is 4. The molecule has 0 aliphatic carbocycles. The van der Waals surface area contributed by atoms with Crippen LogP contribution in [0.1, 0.15) is 10.4 Å². The van der Waals surface area contributed by atoms with Crippen molar-refractivity contribution in [1.82, 2.24) is 15.4 Å². The number of anilines is 4. The number of nitrogens with one attached hydrogen (secondary N) is 3. The van der Waals surface area contributed by atoms with Crippen molar-refractivity contribution in [2.45, 2.75) is 0 Å². The van der Waals surface area contributed by atoms with Crippen molar-refractivity contribution in [3.63, 3.8) is 0 Å². The van der Waals surface area contributed by atoms with Gasteiger partial charge in [-0.15, -0.1) is 0 Å². The summed E-state index contributed by atoms with van der Waals surface area (Å²) in [4.78, 5) is 20.4. The molecular formula is C17H13BrCl2N6O. The van der Waals surface area contributed by atoms with Crippen LogP contribution in [0.5, 0.6) is 0 Å². The third kappa shape index (κ3) is 4.60. The Morgan fingerprint density at radius 2 is 1.81 bits per heavy atom. The van der Waals surface area contributed by atoms with E-state index in [1.165, 1.54) is 18.5 Å². The van der Waals surface area contributed by atoms with Gasteiger partial charge in [0.15, 0.2) is 11.6 Å². The Labute approximate surface area is 173 Å². The molecule has 1 heterocycles. The Morgan fingerprint density at radius 1 is 1.07 bits per heavy atom. The summed E-state index contributed by atoms with van der Waals surface area (Å²) in [6.45, 7) is 0. The topological polar surface area (TPSA) is 105 Å². The highest BCUT2D eigenvalue weighted by molar-refractivity contribution is 9.10. The lowest BCUT2D eigenvalue weighted by atomic mass is 10.2. The maximum Gasteiger partial charge on any atom is 0.271 e. The summed E-state index contributed by atoms with van der Waals surface area (Å²) in [6, 6.07) is 12.1. The van der Waals surface area contributed by atoms with Gasteiger partial charge >= 0.3 is 0 Å². The number of nitrogens with two attached hydrogens (primary N) is 1. The molecule has 27 heavy (non-hydrogen) atoms. The number of aromatic nitrogens is 2. The molecule has 0 aliphatic rings. The molecule has 0 saturated heterocycles. The summed E-state index contributed by atoms with van der Waals surface area (Å²) in [5, 5.41) is 3.77. The molecule has 0 unspecified atom stereocenters. The molecule has 0 saturated carbocycles. The number of nitrogen functional groups attached to an aromatic ring is 1. The van der Waals surface area contributed by atoms with Crippen LogP contribution in [-0.2, 0) is 0 Å². The largest absolute Gasteiger partial charge is 0.393 e. The van der Waals surface area contributed by atoms with E-state index < -0.39 is 5.91 Å². The van der Waals surface area contributed by atoms with Crippen LogP contribution in [0.2, 0.25) is 10.0 Å². The van der Waals surface area contributed by atoms with Gasteiger partial charge in [0, 0.05) is 9.50 Å². The highest BCUT2D eigenvalue weighted by Crippen LogP contribution is 2.29. The van der Waals surface area contributed by atoms with Crippen LogP contribution in [0.3, 0.4) is 0 Å². The van der Waals surface area contributed by atoms with Crippen LogP contribution in [0.25, 0.3) is 0 Å². The van der Waals surface area contributed by atoms with Crippen LogP contribution < -0.4 is 21.9 Å². The van der Waals surface area contributed by atoms with Crippen LogP contribution in [0, 0.1) is 0 Å². The first-order valence-electron chi connectivity index (χ1n) is 7.59. The maximum atomic E-state index is 12.3. The molecule has 0 spiro atoms. The molecular weight excluding hydrogens is 455 g/mol. The Balaban J connectivity index is 1.74. The number of amides is 1. The molecule has 2 aromatic carbocycles. The molecule has 3 aromatic rings. The summed E-state index contributed by atoms with van der Waals surface area (Å²) in [5.41, 5.74) is 12.5. The van der Waals surface area contributed by atoms with Gasteiger partial charge in [0.2, 0.25) is 0 Å². The minimum Gasteiger partial charge on any atom is -0.393 e. The highest BCUT2D eigenvalue weighted by Gasteiger charge is 2.13. The van der Waals surface area contributed by atoms with Gasteiger partial charge in [-0.25, -0.2) is 9.97 Å². The van der Waals surface area contributed by atoms with Crippen LogP contribution in [0.15, 0.2) is 53.3 Å². The van der Waals surface area contributed by atoms with Crippen molar-refractivity contribution in [3.8, 4) is 0 Å². The third-order valence-electron chi connectivity index (χ3n) is 3.48. The minimum atomic E-state index is -0.463. The van der Waals surface area contributed by atoms with E-state index in [0.29, 0.717) is 10.8 Å². The van der Waals surface area contributed by atoms with Gasteiger partial charge in [0.05, 0.1) is 16.3 Å². The van der Waals surface area contributed by atoms with Gasteiger partial charge in [0.25, 0.3) is 5.91 Å². The van der Waals surface area contributed by atoms with Crippen LogP contribution >= 0.6 is 39.1 Å². The summed E-state index contributed by atoms with van der Waals surface area (Å²) >= 11 is 15.3. The van der Waals surface area contributed by atoms with Crippen molar-refractivity contribution in [2.75, 3.05) is 16.5 Å². The lowest BCUT2D eigenvalue weighted by Crippen LogP contribution is -2.30. The van der Waals surface area contributed by atoms with Gasteiger partial charge in [-0.1, -0.05) is 35.3 Å². The average Bonchev–Trinajstić information content (AvgIpc) is 2.64. The fourth-order valence-electron chi connectivity index (χ4n) is 2.14. The molecule has 7 nitrogen and oxygen atoms in total. The van der Waals surface area contributed by atoms with E-state index in [4.69, 9.17) is 28.9 Å². The lowest BCUT2D eigenvalue weighted by molar-refractivity contribution is 0.0962. The Morgan fingerprint density at radius 3 is 2.56 bits per heavy atom. The van der Waals surface area contributed by atoms with E-state index in [1.54, 1.807) is 6.07 Å². The number of hydrazine groups is 1. The fraction of sp³-hybridized carbons (Fsp3) is 0. The van der Waals surface area contributed by atoms with Gasteiger partial charge in [0.1, 0.15) is 12.0 Å². The van der Waals surface area contributed by atoms with Gasteiger partial charge in [-0.2, -0.15) is 0 Å². The van der Waals surface area contributed by atoms with E-state index >= 15 is 0 Å². The van der Waals surface area contributed by atoms with Crippen molar-refractivity contribution in [2.24, 2.45) is 0 Å². The first-order chi connectivity index (χ1) is 13.0. The number of nitrogens with zero attached hydrogens (tertiary/aromatic N) is 2. The molecule has 3 rings (SSSR count).